The van der Waals surface area contributed by atoms with Crippen LogP contribution in [0, 0.1) is 0 Å². The predicted molar refractivity (Wildman–Crippen MR) is 89.2 cm³/mol. The summed E-state index contributed by atoms with van der Waals surface area (Å²) in [6, 6.07) is 5.52. The van der Waals surface area contributed by atoms with E-state index in [1.165, 1.54) is 7.11 Å². The molecule has 1 heterocycles. The molecule has 0 bridgehead atoms. The number of esters is 1. The van der Waals surface area contributed by atoms with Crippen molar-refractivity contribution in [2.24, 2.45) is 0 Å². The molecule has 2 atom stereocenters. The maximum atomic E-state index is 12.0. The van der Waals surface area contributed by atoms with Crippen molar-refractivity contribution in [3.8, 4) is 0 Å². The number of benzene rings is 1. The molecule has 0 radical (unpaired) electrons. The van der Waals surface area contributed by atoms with Crippen LogP contribution >= 0.6 is 0 Å². The van der Waals surface area contributed by atoms with Crippen LogP contribution in [0.15, 0.2) is 30.4 Å². The fourth-order valence-electron chi connectivity index (χ4n) is 4.14. The zero-order valence-corrected chi connectivity index (χ0v) is 13.7. The van der Waals surface area contributed by atoms with Crippen LogP contribution in [0.5, 0.6) is 0 Å². The molecule has 0 saturated carbocycles. The molecule has 1 aromatic carbocycles. The minimum absolute atomic E-state index is 0.00137. The van der Waals surface area contributed by atoms with Gasteiger partial charge in [-0.1, -0.05) is 6.07 Å². The van der Waals surface area contributed by atoms with Gasteiger partial charge in [-0.25, -0.2) is 4.79 Å². The van der Waals surface area contributed by atoms with E-state index in [1.807, 2.05) is 18.2 Å². The third-order valence-electron chi connectivity index (χ3n) is 5.38. The number of ether oxygens (including phenoxy) is 2. The molecule has 1 aromatic heterocycles. The number of ketones is 1. The van der Waals surface area contributed by atoms with E-state index >= 15 is 0 Å². The average Bonchev–Trinajstić information content (AvgIpc) is 2.99. The van der Waals surface area contributed by atoms with Crippen molar-refractivity contribution in [3.05, 3.63) is 47.2 Å². The third kappa shape index (κ3) is 2.04. The Balaban J connectivity index is 1.89. The Kier molecular flexibility index (Phi) is 3.35. The number of nitrogens with one attached hydrogen (secondary N) is 1. The van der Waals surface area contributed by atoms with Gasteiger partial charge in [0.2, 0.25) is 0 Å². The quantitative estimate of drug-likeness (QED) is 0.862. The van der Waals surface area contributed by atoms with Crippen molar-refractivity contribution in [2.45, 2.75) is 30.8 Å². The van der Waals surface area contributed by atoms with Gasteiger partial charge in [-0.2, -0.15) is 0 Å². The molecule has 4 rings (SSSR count). The van der Waals surface area contributed by atoms with Gasteiger partial charge < -0.3 is 14.5 Å². The molecule has 0 spiro atoms. The Labute approximate surface area is 139 Å². The highest BCUT2D eigenvalue weighted by Gasteiger charge is 2.46. The highest BCUT2D eigenvalue weighted by Crippen LogP contribution is 2.49. The van der Waals surface area contributed by atoms with E-state index in [4.69, 9.17) is 9.47 Å². The zero-order chi connectivity index (χ0) is 16.9. The van der Waals surface area contributed by atoms with Crippen LogP contribution in [0.3, 0.4) is 0 Å². The molecule has 5 heteroatoms. The number of fused-ring (bicyclic) bond motifs is 5. The number of hydrogen-bond donors (Lipinski definition) is 1. The molecular weight excluding hydrogens is 306 g/mol. The van der Waals surface area contributed by atoms with E-state index in [0.717, 1.165) is 35.0 Å². The van der Waals surface area contributed by atoms with E-state index in [1.54, 1.807) is 19.3 Å². The summed E-state index contributed by atoms with van der Waals surface area (Å²) in [5.41, 5.74) is 3.27. The van der Waals surface area contributed by atoms with Gasteiger partial charge in [-0.05, 0) is 42.7 Å². The van der Waals surface area contributed by atoms with Crippen molar-refractivity contribution >= 4 is 22.7 Å². The van der Waals surface area contributed by atoms with Gasteiger partial charge in [0.15, 0.2) is 5.78 Å². The Bertz CT molecular complexity index is 879. The molecule has 2 aliphatic carbocycles. The molecule has 1 N–H and O–H groups in total. The van der Waals surface area contributed by atoms with Crippen molar-refractivity contribution in [2.75, 3.05) is 14.2 Å². The van der Waals surface area contributed by atoms with Gasteiger partial charge in [0, 0.05) is 36.0 Å². The van der Waals surface area contributed by atoms with E-state index < -0.39 is 5.60 Å². The number of aryl methyl sites for hydroxylation is 1. The Hall–Kier alpha value is -2.40. The lowest BCUT2D eigenvalue weighted by Gasteiger charge is -2.42. The van der Waals surface area contributed by atoms with Crippen molar-refractivity contribution in [1.82, 2.24) is 4.98 Å². The number of rotatable bonds is 2. The number of carbonyl (C=O) groups excluding carboxylic acids is 2. The predicted octanol–water partition coefficient (Wildman–Crippen LogP) is 2.90. The average molecular weight is 325 g/mol. The van der Waals surface area contributed by atoms with E-state index in [9.17, 15) is 9.59 Å². The normalized spacial score (nSPS) is 25.4. The topological polar surface area (TPSA) is 68.4 Å². The summed E-state index contributed by atoms with van der Waals surface area (Å²) in [7, 11) is 3.08. The minimum Gasteiger partial charge on any atom is -0.465 e. The number of aromatic nitrogens is 1. The second-order valence-corrected chi connectivity index (χ2v) is 6.48. The first-order valence-electron chi connectivity index (χ1n) is 8.08. The molecule has 24 heavy (non-hydrogen) atoms. The Morgan fingerprint density at radius 2 is 2.17 bits per heavy atom. The fraction of sp³-hybridized carbons (Fsp3) is 0.368. The van der Waals surface area contributed by atoms with Crippen LogP contribution in [-0.2, 0) is 20.7 Å². The summed E-state index contributed by atoms with van der Waals surface area (Å²) in [6.07, 6.45) is 5.70. The molecular formula is C19H19NO4. The lowest BCUT2D eigenvalue weighted by Crippen LogP contribution is -2.43. The largest absolute Gasteiger partial charge is 0.465 e. The monoisotopic (exact) mass is 325 g/mol. The van der Waals surface area contributed by atoms with Crippen molar-refractivity contribution in [3.63, 3.8) is 0 Å². The zero-order valence-electron chi connectivity index (χ0n) is 13.7. The first-order chi connectivity index (χ1) is 11.6. The first-order valence-corrected chi connectivity index (χ1v) is 8.08. The Morgan fingerprint density at radius 1 is 1.33 bits per heavy atom. The molecule has 0 amide bonds. The number of carbonyl (C=O) groups is 2. The fourth-order valence-corrected chi connectivity index (χ4v) is 4.14. The number of hydrogen-bond acceptors (Lipinski definition) is 4. The molecule has 5 nitrogen and oxygen atoms in total. The standard InChI is InChI=1S/C19H19NO4/c1-23-18(22)11-3-4-13-16(9-11)20-15-6-8-19(24-2)7-5-12(21)10-14(19)17(13)15/h3-5,7,9,14,20H,6,8,10H2,1-2H3/t14-,19-/m1/s1. The highest BCUT2D eigenvalue weighted by atomic mass is 16.5. The summed E-state index contributed by atoms with van der Waals surface area (Å²) < 4.78 is 10.7. The summed E-state index contributed by atoms with van der Waals surface area (Å²) in [6.45, 7) is 0. The van der Waals surface area contributed by atoms with Gasteiger partial charge in [-0.3, -0.25) is 4.79 Å². The van der Waals surface area contributed by atoms with E-state index in [0.29, 0.717) is 12.0 Å². The summed E-state index contributed by atoms with van der Waals surface area (Å²) in [4.78, 5) is 27.2. The second kappa shape index (κ2) is 5.31. The third-order valence-corrected chi connectivity index (χ3v) is 5.38. The van der Waals surface area contributed by atoms with Gasteiger partial charge in [0.05, 0.1) is 18.3 Å². The van der Waals surface area contributed by atoms with Crippen LogP contribution in [0.25, 0.3) is 10.9 Å². The molecule has 0 aliphatic heterocycles. The first kappa shape index (κ1) is 15.1. The molecule has 2 aliphatic rings. The van der Waals surface area contributed by atoms with Crippen LogP contribution in [0.4, 0.5) is 0 Å². The summed E-state index contributed by atoms with van der Waals surface area (Å²) >= 11 is 0. The van der Waals surface area contributed by atoms with Gasteiger partial charge in [0.25, 0.3) is 0 Å². The molecule has 2 aromatic rings. The lowest BCUT2D eigenvalue weighted by molar-refractivity contribution is -0.118. The number of methoxy groups -OCH3 is 2. The van der Waals surface area contributed by atoms with Crippen LogP contribution < -0.4 is 0 Å². The highest BCUT2D eigenvalue weighted by molar-refractivity contribution is 5.97. The maximum Gasteiger partial charge on any atom is 0.337 e. The molecule has 0 fully saturated rings. The van der Waals surface area contributed by atoms with Crippen LogP contribution in [-0.4, -0.2) is 36.6 Å². The maximum absolute atomic E-state index is 12.0. The summed E-state index contributed by atoms with van der Waals surface area (Å²) in [5, 5.41) is 1.05. The van der Waals surface area contributed by atoms with Crippen molar-refractivity contribution < 1.29 is 19.1 Å². The second-order valence-electron chi connectivity index (χ2n) is 6.48. The van der Waals surface area contributed by atoms with Crippen LogP contribution in [0.2, 0.25) is 0 Å². The number of allylic oxidation sites excluding steroid dienone is 1. The van der Waals surface area contributed by atoms with E-state index in [-0.39, 0.29) is 17.7 Å². The van der Waals surface area contributed by atoms with E-state index in [2.05, 4.69) is 4.98 Å². The summed E-state index contributed by atoms with van der Waals surface area (Å²) in [5.74, 6) is -0.228. The molecule has 0 saturated heterocycles. The SMILES string of the molecule is COC(=O)c1ccc2c3c([nH]c2c1)CC[C@]1(OC)C=CC(=O)C[C@H]31. The number of H-pyrrole nitrogens is 1. The van der Waals surface area contributed by atoms with Crippen LogP contribution in [0.1, 0.15) is 40.4 Å². The molecule has 0 unspecified atom stereocenters. The molecule has 124 valence electrons. The number of aromatic amines is 1. The Morgan fingerprint density at radius 3 is 2.92 bits per heavy atom. The van der Waals surface area contributed by atoms with Gasteiger partial charge in [0.1, 0.15) is 0 Å². The lowest BCUT2D eigenvalue weighted by atomic mass is 9.68. The minimum atomic E-state index is -0.420. The van der Waals surface area contributed by atoms with Gasteiger partial charge >= 0.3 is 5.97 Å². The van der Waals surface area contributed by atoms with Crippen molar-refractivity contribution in [1.29, 1.82) is 0 Å². The van der Waals surface area contributed by atoms with Gasteiger partial charge in [-0.15, -0.1) is 0 Å². The smallest absolute Gasteiger partial charge is 0.337 e.